The monoisotopic (exact) mass is 440 g/mol. The fraction of sp³-hybridized carbons (Fsp3) is 0.435. The number of carbonyl (C=O) groups is 1. The minimum Gasteiger partial charge on any atom is -0.493 e. The SMILES string of the molecule is COc1ccc(-c2csc(-c3cc(NC(=O)CC4CCCCC4)n(C)n3)n2)cc1OC. The van der Waals surface area contributed by atoms with Gasteiger partial charge >= 0.3 is 0 Å². The number of hydrogen-bond acceptors (Lipinski definition) is 6. The summed E-state index contributed by atoms with van der Waals surface area (Å²) in [6.45, 7) is 0. The molecular formula is C23H28N4O3S. The number of amides is 1. The van der Waals surface area contributed by atoms with Gasteiger partial charge in [0.05, 0.1) is 19.9 Å². The molecule has 1 fully saturated rings. The summed E-state index contributed by atoms with van der Waals surface area (Å²) in [4.78, 5) is 17.2. The Kier molecular flexibility index (Phi) is 6.56. The highest BCUT2D eigenvalue weighted by molar-refractivity contribution is 7.13. The lowest BCUT2D eigenvalue weighted by atomic mass is 9.87. The molecule has 1 aliphatic carbocycles. The Morgan fingerprint density at radius 2 is 1.90 bits per heavy atom. The molecule has 0 spiro atoms. The molecule has 7 nitrogen and oxygen atoms in total. The van der Waals surface area contributed by atoms with Gasteiger partial charge in [-0.1, -0.05) is 19.3 Å². The number of carbonyl (C=O) groups excluding carboxylic acids is 1. The molecule has 0 aliphatic heterocycles. The predicted molar refractivity (Wildman–Crippen MR) is 123 cm³/mol. The van der Waals surface area contributed by atoms with E-state index in [1.165, 1.54) is 30.6 Å². The summed E-state index contributed by atoms with van der Waals surface area (Å²) in [7, 11) is 5.07. The van der Waals surface area contributed by atoms with Gasteiger partial charge in [-0.2, -0.15) is 5.10 Å². The molecule has 164 valence electrons. The van der Waals surface area contributed by atoms with Gasteiger partial charge in [0.25, 0.3) is 0 Å². The molecule has 0 bridgehead atoms. The molecule has 1 amide bonds. The van der Waals surface area contributed by atoms with Crippen LogP contribution in [0.3, 0.4) is 0 Å². The summed E-state index contributed by atoms with van der Waals surface area (Å²) in [5.74, 6) is 2.60. The van der Waals surface area contributed by atoms with Crippen LogP contribution in [-0.4, -0.2) is 34.9 Å². The van der Waals surface area contributed by atoms with Crippen LogP contribution < -0.4 is 14.8 Å². The van der Waals surface area contributed by atoms with E-state index in [1.807, 2.05) is 36.7 Å². The van der Waals surface area contributed by atoms with Gasteiger partial charge in [0, 0.05) is 30.5 Å². The van der Waals surface area contributed by atoms with Crippen molar-refractivity contribution in [2.75, 3.05) is 19.5 Å². The Labute approximate surface area is 186 Å². The van der Waals surface area contributed by atoms with Crippen molar-refractivity contribution in [3.63, 3.8) is 0 Å². The number of methoxy groups -OCH3 is 2. The Morgan fingerprint density at radius 3 is 2.65 bits per heavy atom. The Morgan fingerprint density at radius 1 is 1.13 bits per heavy atom. The minimum absolute atomic E-state index is 0.0617. The van der Waals surface area contributed by atoms with E-state index in [2.05, 4.69) is 10.4 Å². The van der Waals surface area contributed by atoms with E-state index < -0.39 is 0 Å². The number of thiazole rings is 1. The first kappa shape index (κ1) is 21.4. The second-order valence-electron chi connectivity index (χ2n) is 7.90. The molecule has 1 aromatic carbocycles. The standard InChI is InChI=1S/C23H28N4O3S/c1-27-21(25-22(28)11-15-7-5-4-6-8-15)13-17(26-27)23-24-18(14-31-23)16-9-10-19(29-2)20(12-16)30-3/h9-10,12-15H,4-8,11H2,1-3H3,(H,25,28). The fourth-order valence-electron chi connectivity index (χ4n) is 4.06. The van der Waals surface area contributed by atoms with Crippen LogP contribution in [0.15, 0.2) is 29.6 Å². The van der Waals surface area contributed by atoms with Crippen LogP contribution in [0, 0.1) is 5.92 Å². The number of nitrogens with one attached hydrogen (secondary N) is 1. The van der Waals surface area contributed by atoms with E-state index in [1.54, 1.807) is 18.9 Å². The van der Waals surface area contributed by atoms with Crippen LogP contribution in [0.25, 0.3) is 22.0 Å². The molecule has 8 heteroatoms. The van der Waals surface area contributed by atoms with Crippen molar-refractivity contribution in [1.82, 2.24) is 14.8 Å². The Bertz CT molecular complexity index is 1050. The van der Waals surface area contributed by atoms with Crippen molar-refractivity contribution < 1.29 is 14.3 Å². The molecule has 1 saturated carbocycles. The van der Waals surface area contributed by atoms with Crippen molar-refractivity contribution in [3.05, 3.63) is 29.6 Å². The van der Waals surface area contributed by atoms with Gasteiger partial charge in [-0.3, -0.25) is 9.48 Å². The number of aryl methyl sites for hydroxylation is 1. The fourth-order valence-corrected chi connectivity index (χ4v) is 4.84. The molecule has 0 radical (unpaired) electrons. The highest BCUT2D eigenvalue weighted by Crippen LogP contribution is 2.35. The number of ether oxygens (including phenoxy) is 2. The van der Waals surface area contributed by atoms with Gasteiger partial charge in [0.15, 0.2) is 11.5 Å². The van der Waals surface area contributed by atoms with E-state index in [0.29, 0.717) is 29.7 Å². The molecule has 0 atom stereocenters. The summed E-state index contributed by atoms with van der Waals surface area (Å²) < 4.78 is 12.4. The number of anilines is 1. The Hall–Kier alpha value is -2.87. The first-order valence-corrected chi connectivity index (χ1v) is 11.5. The smallest absolute Gasteiger partial charge is 0.225 e. The van der Waals surface area contributed by atoms with Crippen LogP contribution in [-0.2, 0) is 11.8 Å². The van der Waals surface area contributed by atoms with Crippen LogP contribution >= 0.6 is 11.3 Å². The second-order valence-corrected chi connectivity index (χ2v) is 8.76. The van der Waals surface area contributed by atoms with Crippen molar-refractivity contribution in [1.29, 1.82) is 0 Å². The summed E-state index contributed by atoms with van der Waals surface area (Å²) in [5, 5.41) is 10.4. The number of benzene rings is 1. The van der Waals surface area contributed by atoms with Crippen LogP contribution in [0.2, 0.25) is 0 Å². The van der Waals surface area contributed by atoms with E-state index in [4.69, 9.17) is 14.5 Å². The maximum Gasteiger partial charge on any atom is 0.225 e. The van der Waals surface area contributed by atoms with Gasteiger partial charge in [-0.05, 0) is 37.0 Å². The molecule has 1 aliphatic rings. The lowest BCUT2D eigenvalue weighted by molar-refractivity contribution is -0.117. The molecule has 4 rings (SSSR count). The predicted octanol–water partition coefficient (Wildman–Crippen LogP) is 5.14. The van der Waals surface area contributed by atoms with Gasteiger partial charge in [-0.25, -0.2) is 4.98 Å². The molecule has 0 unspecified atom stereocenters. The second kappa shape index (κ2) is 9.51. The maximum absolute atomic E-state index is 12.5. The quantitative estimate of drug-likeness (QED) is 0.551. The third-order valence-corrected chi connectivity index (χ3v) is 6.61. The topological polar surface area (TPSA) is 78.3 Å². The maximum atomic E-state index is 12.5. The lowest BCUT2D eigenvalue weighted by Crippen LogP contribution is -2.19. The lowest BCUT2D eigenvalue weighted by Gasteiger charge is -2.20. The average Bonchev–Trinajstić information content (AvgIpc) is 3.41. The van der Waals surface area contributed by atoms with Crippen molar-refractivity contribution in [2.45, 2.75) is 38.5 Å². The summed E-state index contributed by atoms with van der Waals surface area (Å²) in [6.07, 6.45) is 6.66. The van der Waals surface area contributed by atoms with Crippen LogP contribution in [0.1, 0.15) is 38.5 Å². The molecule has 1 N–H and O–H groups in total. The number of rotatable bonds is 7. The largest absolute Gasteiger partial charge is 0.493 e. The molecular weight excluding hydrogens is 412 g/mol. The van der Waals surface area contributed by atoms with Crippen LogP contribution in [0.4, 0.5) is 5.82 Å². The van der Waals surface area contributed by atoms with E-state index in [-0.39, 0.29) is 5.91 Å². The van der Waals surface area contributed by atoms with E-state index in [0.717, 1.165) is 34.8 Å². The van der Waals surface area contributed by atoms with Crippen molar-refractivity contribution in [3.8, 4) is 33.5 Å². The van der Waals surface area contributed by atoms with Gasteiger partial charge in [0.2, 0.25) is 5.91 Å². The summed E-state index contributed by atoms with van der Waals surface area (Å²) >= 11 is 1.52. The first-order valence-electron chi connectivity index (χ1n) is 10.6. The van der Waals surface area contributed by atoms with Crippen molar-refractivity contribution in [2.24, 2.45) is 13.0 Å². The summed E-state index contributed by atoms with van der Waals surface area (Å²) in [5.41, 5.74) is 2.53. The average molecular weight is 441 g/mol. The minimum atomic E-state index is 0.0617. The molecule has 2 aromatic heterocycles. The number of aromatic nitrogens is 3. The molecule has 2 heterocycles. The highest BCUT2D eigenvalue weighted by Gasteiger charge is 2.19. The van der Waals surface area contributed by atoms with E-state index >= 15 is 0 Å². The molecule has 0 saturated heterocycles. The number of nitrogens with zero attached hydrogens (tertiary/aromatic N) is 3. The molecule has 3 aromatic rings. The zero-order valence-electron chi connectivity index (χ0n) is 18.2. The van der Waals surface area contributed by atoms with E-state index in [9.17, 15) is 4.79 Å². The third kappa shape index (κ3) is 4.90. The van der Waals surface area contributed by atoms with Gasteiger partial charge < -0.3 is 14.8 Å². The molecule has 31 heavy (non-hydrogen) atoms. The first-order chi connectivity index (χ1) is 15.1. The Balaban J connectivity index is 1.47. The highest BCUT2D eigenvalue weighted by atomic mass is 32.1. The summed E-state index contributed by atoms with van der Waals surface area (Å²) in [6, 6.07) is 7.62. The van der Waals surface area contributed by atoms with Crippen molar-refractivity contribution >= 4 is 23.1 Å². The zero-order chi connectivity index (χ0) is 21.8. The third-order valence-electron chi connectivity index (χ3n) is 5.75. The number of hydrogen-bond donors (Lipinski definition) is 1. The van der Waals surface area contributed by atoms with Crippen LogP contribution in [0.5, 0.6) is 11.5 Å². The zero-order valence-corrected chi connectivity index (χ0v) is 19.0. The van der Waals surface area contributed by atoms with Gasteiger partial charge in [0.1, 0.15) is 16.5 Å². The van der Waals surface area contributed by atoms with Gasteiger partial charge in [-0.15, -0.1) is 11.3 Å². The normalized spacial score (nSPS) is 14.4.